The summed E-state index contributed by atoms with van der Waals surface area (Å²) < 4.78 is 5.00. The maximum absolute atomic E-state index is 10.8. The van der Waals surface area contributed by atoms with Crippen molar-refractivity contribution in [3.8, 4) is 16.9 Å². The second-order valence-electron chi connectivity index (χ2n) is 3.93. The summed E-state index contributed by atoms with van der Waals surface area (Å²) in [7, 11) is 0. The van der Waals surface area contributed by atoms with Gasteiger partial charge in [-0.05, 0) is 35.7 Å². The maximum Gasteiger partial charge on any atom is 0.308 e. The summed E-state index contributed by atoms with van der Waals surface area (Å²) in [4.78, 5) is 10.8. The highest BCUT2D eigenvalue weighted by Gasteiger charge is 2.02. The lowest BCUT2D eigenvalue weighted by Gasteiger charge is -2.06. The zero-order valence-electron chi connectivity index (χ0n) is 9.94. The molecule has 86 valence electrons. The molecule has 0 fully saturated rings. The maximum atomic E-state index is 10.8. The van der Waals surface area contributed by atoms with Crippen LogP contribution in [0.3, 0.4) is 0 Å². The van der Waals surface area contributed by atoms with Crippen molar-refractivity contribution in [1.82, 2.24) is 0 Å². The zero-order valence-corrected chi connectivity index (χ0v) is 9.94. The molecule has 0 atom stereocenters. The van der Waals surface area contributed by atoms with Crippen LogP contribution in [0.25, 0.3) is 11.1 Å². The third-order valence-electron chi connectivity index (χ3n) is 2.57. The van der Waals surface area contributed by atoms with Crippen LogP contribution >= 0.6 is 0 Å². The van der Waals surface area contributed by atoms with Crippen LogP contribution in [0, 0.1) is 6.92 Å². The van der Waals surface area contributed by atoms with Crippen molar-refractivity contribution in [3.63, 3.8) is 0 Å². The lowest BCUT2D eigenvalue weighted by molar-refractivity contribution is -0.131. The van der Waals surface area contributed by atoms with Crippen LogP contribution in [0.2, 0.25) is 0 Å². The molecule has 0 aromatic heterocycles. The fourth-order valence-electron chi connectivity index (χ4n) is 1.77. The molecule has 0 N–H and O–H groups in total. The van der Waals surface area contributed by atoms with Gasteiger partial charge in [0.25, 0.3) is 0 Å². The molecule has 0 heterocycles. The number of aryl methyl sites for hydroxylation is 1. The first-order valence-electron chi connectivity index (χ1n) is 5.51. The number of rotatable bonds is 2. The van der Waals surface area contributed by atoms with E-state index in [4.69, 9.17) is 4.74 Å². The molecule has 0 aliphatic carbocycles. The fraction of sp³-hybridized carbons (Fsp3) is 0.133. The highest BCUT2D eigenvalue weighted by Crippen LogP contribution is 2.25. The van der Waals surface area contributed by atoms with Crippen molar-refractivity contribution in [3.05, 3.63) is 54.1 Å². The van der Waals surface area contributed by atoms with Gasteiger partial charge < -0.3 is 4.74 Å². The third kappa shape index (κ3) is 2.72. The molecule has 0 bridgehead atoms. The number of ether oxygens (including phenoxy) is 1. The SMILES string of the molecule is CC(=O)Oc1ccc(-c2ccccc2C)cc1. The Hall–Kier alpha value is -2.09. The predicted octanol–water partition coefficient (Wildman–Crippen LogP) is 3.59. The smallest absolute Gasteiger partial charge is 0.308 e. The Labute approximate surface area is 101 Å². The molecule has 0 saturated heterocycles. The van der Waals surface area contributed by atoms with Crippen molar-refractivity contribution in [2.24, 2.45) is 0 Å². The van der Waals surface area contributed by atoms with Gasteiger partial charge in [0, 0.05) is 6.92 Å². The molecule has 0 amide bonds. The number of hydrogen-bond acceptors (Lipinski definition) is 2. The molecule has 2 aromatic carbocycles. The second-order valence-corrected chi connectivity index (χ2v) is 3.93. The van der Waals surface area contributed by atoms with Gasteiger partial charge in [0.05, 0.1) is 0 Å². The molecule has 0 saturated carbocycles. The molecular formula is C15H14O2. The van der Waals surface area contributed by atoms with Gasteiger partial charge in [-0.15, -0.1) is 0 Å². The van der Waals surface area contributed by atoms with E-state index in [-0.39, 0.29) is 5.97 Å². The molecule has 0 aliphatic rings. The Morgan fingerprint density at radius 2 is 1.65 bits per heavy atom. The van der Waals surface area contributed by atoms with Gasteiger partial charge in [-0.3, -0.25) is 4.79 Å². The number of hydrogen-bond donors (Lipinski definition) is 0. The standard InChI is InChI=1S/C15H14O2/c1-11-5-3-4-6-15(11)13-7-9-14(10-8-13)17-12(2)16/h3-10H,1-2H3. The lowest BCUT2D eigenvalue weighted by Crippen LogP contribution is -2.00. The lowest BCUT2D eigenvalue weighted by atomic mass is 10.0. The van der Waals surface area contributed by atoms with E-state index in [2.05, 4.69) is 19.1 Å². The van der Waals surface area contributed by atoms with Gasteiger partial charge in [0.2, 0.25) is 0 Å². The van der Waals surface area contributed by atoms with Gasteiger partial charge in [-0.25, -0.2) is 0 Å². The molecule has 0 radical (unpaired) electrons. The molecule has 0 spiro atoms. The summed E-state index contributed by atoms with van der Waals surface area (Å²) in [6, 6.07) is 15.7. The number of esters is 1. The molecule has 0 unspecified atom stereocenters. The van der Waals surface area contributed by atoms with Crippen molar-refractivity contribution >= 4 is 5.97 Å². The average molecular weight is 226 g/mol. The number of carbonyl (C=O) groups is 1. The minimum absolute atomic E-state index is 0.298. The molecule has 2 heteroatoms. The topological polar surface area (TPSA) is 26.3 Å². The summed E-state index contributed by atoms with van der Waals surface area (Å²) in [5.74, 6) is 0.281. The van der Waals surface area contributed by atoms with E-state index in [1.807, 2.05) is 36.4 Å². The van der Waals surface area contributed by atoms with Gasteiger partial charge >= 0.3 is 5.97 Å². The van der Waals surface area contributed by atoms with E-state index >= 15 is 0 Å². The van der Waals surface area contributed by atoms with Crippen molar-refractivity contribution in [2.75, 3.05) is 0 Å². The number of carbonyl (C=O) groups excluding carboxylic acids is 1. The summed E-state index contributed by atoms with van der Waals surface area (Å²) in [6.07, 6.45) is 0. The Morgan fingerprint density at radius 1 is 1.00 bits per heavy atom. The highest BCUT2D eigenvalue weighted by molar-refractivity contribution is 5.71. The molecule has 2 aromatic rings. The van der Waals surface area contributed by atoms with Crippen LogP contribution < -0.4 is 4.74 Å². The first-order valence-corrected chi connectivity index (χ1v) is 5.51. The van der Waals surface area contributed by atoms with E-state index < -0.39 is 0 Å². The van der Waals surface area contributed by atoms with Gasteiger partial charge in [-0.2, -0.15) is 0 Å². The van der Waals surface area contributed by atoms with Crippen LogP contribution in [0.1, 0.15) is 12.5 Å². The van der Waals surface area contributed by atoms with Crippen molar-refractivity contribution in [1.29, 1.82) is 0 Å². The predicted molar refractivity (Wildman–Crippen MR) is 67.9 cm³/mol. The largest absolute Gasteiger partial charge is 0.427 e. The average Bonchev–Trinajstić information content (AvgIpc) is 2.30. The minimum atomic E-state index is -0.298. The molecule has 17 heavy (non-hydrogen) atoms. The van der Waals surface area contributed by atoms with Crippen molar-refractivity contribution in [2.45, 2.75) is 13.8 Å². The molecular weight excluding hydrogens is 212 g/mol. The van der Waals surface area contributed by atoms with Crippen LogP contribution in [-0.4, -0.2) is 5.97 Å². The Kier molecular flexibility index (Phi) is 3.24. The summed E-state index contributed by atoms with van der Waals surface area (Å²) in [5, 5.41) is 0. The van der Waals surface area contributed by atoms with E-state index in [9.17, 15) is 4.79 Å². The Bertz CT molecular complexity index is 527. The van der Waals surface area contributed by atoms with Gasteiger partial charge in [0.1, 0.15) is 5.75 Å². The van der Waals surface area contributed by atoms with Crippen LogP contribution in [0.15, 0.2) is 48.5 Å². The summed E-state index contributed by atoms with van der Waals surface area (Å²) in [6.45, 7) is 3.48. The highest BCUT2D eigenvalue weighted by atomic mass is 16.5. The van der Waals surface area contributed by atoms with E-state index in [1.54, 1.807) is 0 Å². The number of benzene rings is 2. The third-order valence-corrected chi connectivity index (χ3v) is 2.57. The minimum Gasteiger partial charge on any atom is -0.427 e. The van der Waals surface area contributed by atoms with E-state index in [0.29, 0.717) is 5.75 Å². The first kappa shape index (κ1) is 11.4. The van der Waals surface area contributed by atoms with Gasteiger partial charge in [0.15, 0.2) is 0 Å². The zero-order chi connectivity index (χ0) is 12.3. The van der Waals surface area contributed by atoms with Gasteiger partial charge in [-0.1, -0.05) is 36.4 Å². The van der Waals surface area contributed by atoms with E-state index in [0.717, 1.165) is 5.56 Å². The summed E-state index contributed by atoms with van der Waals surface area (Å²) >= 11 is 0. The Balaban J connectivity index is 2.30. The summed E-state index contributed by atoms with van der Waals surface area (Å²) in [5.41, 5.74) is 3.55. The van der Waals surface area contributed by atoms with E-state index in [1.165, 1.54) is 18.1 Å². The second kappa shape index (κ2) is 4.83. The Morgan fingerprint density at radius 3 is 2.24 bits per heavy atom. The fourth-order valence-corrected chi connectivity index (χ4v) is 1.77. The monoisotopic (exact) mass is 226 g/mol. The molecule has 0 aliphatic heterocycles. The van der Waals surface area contributed by atoms with Crippen molar-refractivity contribution < 1.29 is 9.53 Å². The van der Waals surface area contributed by atoms with Crippen LogP contribution in [0.4, 0.5) is 0 Å². The van der Waals surface area contributed by atoms with Crippen LogP contribution in [-0.2, 0) is 4.79 Å². The van der Waals surface area contributed by atoms with Crippen LogP contribution in [0.5, 0.6) is 5.75 Å². The molecule has 2 nitrogen and oxygen atoms in total. The first-order chi connectivity index (χ1) is 8.16. The normalized spacial score (nSPS) is 10.0. The molecule has 2 rings (SSSR count). The quantitative estimate of drug-likeness (QED) is 0.578.